The van der Waals surface area contributed by atoms with Crippen LogP contribution in [-0.4, -0.2) is 15.7 Å². The van der Waals surface area contributed by atoms with Crippen LogP contribution < -0.4 is 4.74 Å². The SMILES string of the molecule is Cc1cc(C)cc(OC(=O)c2ccc(-n3nc(C(F)(F)F)c4c3CCCC4)cc2)c1. The van der Waals surface area contributed by atoms with E-state index < -0.39 is 17.8 Å². The molecule has 0 N–H and O–H groups in total. The van der Waals surface area contributed by atoms with E-state index in [1.165, 1.54) is 4.68 Å². The summed E-state index contributed by atoms with van der Waals surface area (Å²) < 4.78 is 47.0. The Labute approximate surface area is 172 Å². The zero-order valence-electron chi connectivity index (χ0n) is 16.7. The average molecular weight is 414 g/mol. The summed E-state index contributed by atoms with van der Waals surface area (Å²) in [5.41, 5.74) is 2.84. The number of nitrogens with zero attached hydrogens (tertiary/aromatic N) is 2. The van der Waals surface area contributed by atoms with E-state index >= 15 is 0 Å². The van der Waals surface area contributed by atoms with Crippen LogP contribution in [-0.2, 0) is 19.0 Å². The highest BCUT2D eigenvalue weighted by Crippen LogP contribution is 2.36. The number of esters is 1. The number of halogens is 3. The second kappa shape index (κ2) is 7.63. The molecule has 30 heavy (non-hydrogen) atoms. The van der Waals surface area contributed by atoms with Crippen LogP contribution in [0, 0.1) is 13.8 Å². The topological polar surface area (TPSA) is 44.1 Å². The number of aromatic nitrogens is 2. The largest absolute Gasteiger partial charge is 0.435 e. The molecule has 2 aromatic carbocycles. The molecule has 3 aromatic rings. The van der Waals surface area contributed by atoms with E-state index in [0.717, 1.165) is 24.0 Å². The van der Waals surface area contributed by atoms with Crippen LogP contribution in [0.25, 0.3) is 5.69 Å². The van der Waals surface area contributed by atoms with E-state index in [1.807, 2.05) is 19.9 Å². The van der Waals surface area contributed by atoms with Crippen molar-refractivity contribution in [3.63, 3.8) is 0 Å². The van der Waals surface area contributed by atoms with Gasteiger partial charge in [-0.15, -0.1) is 0 Å². The van der Waals surface area contributed by atoms with E-state index in [0.29, 0.717) is 35.5 Å². The number of carbonyl (C=O) groups is 1. The first-order chi connectivity index (χ1) is 14.2. The Bertz CT molecular complexity index is 1080. The van der Waals surface area contributed by atoms with Crippen LogP contribution in [0.2, 0.25) is 0 Å². The fourth-order valence-corrected chi connectivity index (χ4v) is 3.94. The first-order valence-electron chi connectivity index (χ1n) is 9.81. The van der Waals surface area contributed by atoms with Gasteiger partial charge in [-0.25, -0.2) is 9.48 Å². The number of ether oxygens (including phenoxy) is 1. The van der Waals surface area contributed by atoms with Gasteiger partial charge in [0.15, 0.2) is 5.69 Å². The standard InChI is InChI=1S/C23H21F3N2O2/c1-14-11-15(2)13-18(12-14)30-22(29)16-7-9-17(10-8-16)28-20-6-4-3-5-19(20)21(27-28)23(24,25)26/h7-13H,3-6H2,1-2H3. The smallest absolute Gasteiger partial charge is 0.423 e. The Morgan fingerprint density at radius 1 is 1.00 bits per heavy atom. The van der Waals surface area contributed by atoms with Crippen molar-refractivity contribution in [2.45, 2.75) is 45.7 Å². The highest BCUT2D eigenvalue weighted by molar-refractivity contribution is 5.91. The summed E-state index contributed by atoms with van der Waals surface area (Å²) in [4.78, 5) is 12.5. The number of rotatable bonds is 3. The molecular weight excluding hydrogens is 393 g/mol. The van der Waals surface area contributed by atoms with Gasteiger partial charge in [0, 0.05) is 11.3 Å². The predicted molar refractivity (Wildman–Crippen MR) is 106 cm³/mol. The molecule has 0 radical (unpaired) electrons. The summed E-state index contributed by atoms with van der Waals surface area (Å²) in [6.07, 6.45) is -2.00. The van der Waals surface area contributed by atoms with Crippen molar-refractivity contribution in [3.8, 4) is 11.4 Å². The lowest BCUT2D eigenvalue weighted by atomic mass is 9.95. The van der Waals surface area contributed by atoms with Crippen molar-refractivity contribution in [2.24, 2.45) is 0 Å². The lowest BCUT2D eigenvalue weighted by Gasteiger charge is -2.15. The molecule has 156 valence electrons. The monoisotopic (exact) mass is 414 g/mol. The summed E-state index contributed by atoms with van der Waals surface area (Å²) in [5, 5.41) is 3.87. The molecule has 7 heteroatoms. The van der Waals surface area contributed by atoms with Crippen molar-refractivity contribution < 1.29 is 22.7 Å². The Kier molecular flexibility index (Phi) is 5.13. The second-order valence-corrected chi connectivity index (χ2v) is 7.65. The van der Waals surface area contributed by atoms with Gasteiger partial charge in [0.25, 0.3) is 0 Å². The van der Waals surface area contributed by atoms with Crippen LogP contribution in [0.15, 0.2) is 42.5 Å². The third-order valence-electron chi connectivity index (χ3n) is 5.20. The van der Waals surface area contributed by atoms with Crippen LogP contribution in [0.1, 0.15) is 51.3 Å². The minimum absolute atomic E-state index is 0.284. The lowest BCUT2D eigenvalue weighted by molar-refractivity contribution is -0.142. The molecule has 0 bridgehead atoms. The number of fused-ring (bicyclic) bond motifs is 1. The van der Waals surface area contributed by atoms with Crippen molar-refractivity contribution in [3.05, 3.63) is 76.1 Å². The number of aryl methyl sites for hydroxylation is 2. The molecule has 0 spiro atoms. The van der Waals surface area contributed by atoms with Crippen LogP contribution in [0.3, 0.4) is 0 Å². The second-order valence-electron chi connectivity index (χ2n) is 7.65. The van der Waals surface area contributed by atoms with Crippen molar-refractivity contribution in [1.82, 2.24) is 9.78 Å². The normalized spacial score (nSPS) is 13.8. The van der Waals surface area contributed by atoms with Gasteiger partial charge in [0.2, 0.25) is 0 Å². The fourth-order valence-electron chi connectivity index (χ4n) is 3.94. The summed E-state index contributed by atoms with van der Waals surface area (Å²) in [6, 6.07) is 11.8. The van der Waals surface area contributed by atoms with Crippen molar-refractivity contribution in [1.29, 1.82) is 0 Å². The Balaban J connectivity index is 1.61. The Morgan fingerprint density at radius 3 is 2.27 bits per heavy atom. The van der Waals surface area contributed by atoms with Crippen molar-refractivity contribution in [2.75, 3.05) is 0 Å². The molecule has 4 nitrogen and oxygen atoms in total. The first kappa shape index (κ1) is 20.2. The maximum atomic E-state index is 13.4. The van der Waals surface area contributed by atoms with Gasteiger partial charge < -0.3 is 4.74 Å². The van der Waals surface area contributed by atoms with E-state index in [2.05, 4.69) is 5.10 Å². The molecule has 0 aliphatic heterocycles. The molecule has 4 rings (SSSR count). The molecule has 1 aliphatic carbocycles. The molecule has 1 aromatic heterocycles. The van der Waals surface area contributed by atoms with E-state index in [1.54, 1.807) is 36.4 Å². The summed E-state index contributed by atoms with van der Waals surface area (Å²) in [7, 11) is 0. The van der Waals surface area contributed by atoms with Gasteiger partial charge in [-0.1, -0.05) is 6.07 Å². The van der Waals surface area contributed by atoms with Crippen LogP contribution in [0.5, 0.6) is 5.75 Å². The summed E-state index contributed by atoms with van der Waals surface area (Å²) >= 11 is 0. The maximum Gasteiger partial charge on any atom is 0.435 e. The molecule has 1 aliphatic rings. The highest BCUT2D eigenvalue weighted by Gasteiger charge is 2.39. The van der Waals surface area contributed by atoms with E-state index in [-0.39, 0.29) is 5.56 Å². The average Bonchev–Trinajstić information content (AvgIpc) is 3.07. The van der Waals surface area contributed by atoms with Gasteiger partial charge in [-0.05, 0) is 87.1 Å². The van der Waals surface area contributed by atoms with Gasteiger partial charge in [-0.2, -0.15) is 18.3 Å². The van der Waals surface area contributed by atoms with Crippen LogP contribution >= 0.6 is 0 Å². The molecule has 0 unspecified atom stereocenters. The molecule has 1 heterocycles. The number of carbonyl (C=O) groups excluding carboxylic acids is 1. The third-order valence-corrected chi connectivity index (χ3v) is 5.20. The molecule has 0 atom stereocenters. The summed E-state index contributed by atoms with van der Waals surface area (Å²) in [6.45, 7) is 3.83. The minimum Gasteiger partial charge on any atom is -0.423 e. The minimum atomic E-state index is -4.48. The molecule has 0 fully saturated rings. The third kappa shape index (κ3) is 3.97. The Morgan fingerprint density at radius 2 is 1.63 bits per heavy atom. The van der Waals surface area contributed by atoms with Crippen LogP contribution in [0.4, 0.5) is 13.2 Å². The van der Waals surface area contributed by atoms with E-state index in [4.69, 9.17) is 4.74 Å². The van der Waals surface area contributed by atoms with E-state index in [9.17, 15) is 18.0 Å². The number of hydrogen-bond donors (Lipinski definition) is 0. The lowest BCUT2D eigenvalue weighted by Crippen LogP contribution is -2.11. The first-order valence-corrected chi connectivity index (χ1v) is 9.81. The molecular formula is C23H21F3N2O2. The number of alkyl halides is 3. The quantitative estimate of drug-likeness (QED) is 0.414. The number of hydrogen-bond acceptors (Lipinski definition) is 3. The predicted octanol–water partition coefficient (Wildman–Crippen LogP) is 5.61. The van der Waals surface area contributed by atoms with Crippen molar-refractivity contribution >= 4 is 5.97 Å². The van der Waals surface area contributed by atoms with Gasteiger partial charge >= 0.3 is 12.1 Å². The highest BCUT2D eigenvalue weighted by atomic mass is 19.4. The fraction of sp³-hybridized carbons (Fsp3) is 0.304. The van der Waals surface area contributed by atoms with Gasteiger partial charge in [0.1, 0.15) is 5.75 Å². The number of benzene rings is 2. The molecule has 0 amide bonds. The molecule has 0 saturated carbocycles. The maximum absolute atomic E-state index is 13.4. The Hall–Kier alpha value is -3.09. The zero-order valence-corrected chi connectivity index (χ0v) is 16.7. The molecule has 0 saturated heterocycles. The van der Waals surface area contributed by atoms with Gasteiger partial charge in [0.05, 0.1) is 11.3 Å². The summed E-state index contributed by atoms with van der Waals surface area (Å²) in [5.74, 6) is -0.0671. The zero-order chi connectivity index (χ0) is 21.5. The van der Waals surface area contributed by atoms with Gasteiger partial charge in [-0.3, -0.25) is 0 Å².